The highest BCUT2D eigenvalue weighted by Crippen LogP contribution is 2.33. The molecule has 0 N–H and O–H groups in total. The number of nitrogens with zero attached hydrogens (tertiary/aromatic N) is 2. The van der Waals surface area contributed by atoms with Crippen molar-refractivity contribution in [3.05, 3.63) is 70.0 Å². The maximum Gasteiger partial charge on any atom is 0.261 e. The molecule has 0 bridgehead atoms. The Balaban J connectivity index is 1.55. The van der Waals surface area contributed by atoms with Crippen LogP contribution < -0.4 is 0 Å². The van der Waals surface area contributed by atoms with Crippen LogP contribution in [0.15, 0.2) is 36.4 Å². The summed E-state index contributed by atoms with van der Waals surface area (Å²) >= 11 is 0. The van der Waals surface area contributed by atoms with E-state index in [9.17, 15) is 14.0 Å². The fourth-order valence-corrected chi connectivity index (χ4v) is 4.61. The van der Waals surface area contributed by atoms with Gasteiger partial charge < -0.3 is 0 Å². The number of hydrogen-bond donors (Lipinski definition) is 0. The van der Waals surface area contributed by atoms with Crippen molar-refractivity contribution in [1.82, 2.24) is 9.80 Å². The van der Waals surface area contributed by atoms with Crippen molar-refractivity contribution >= 4 is 11.8 Å². The molecule has 0 saturated carbocycles. The van der Waals surface area contributed by atoms with Crippen LogP contribution >= 0.6 is 0 Å². The van der Waals surface area contributed by atoms with Gasteiger partial charge in [-0.05, 0) is 79.7 Å². The average Bonchev–Trinajstić information content (AvgIpc) is 3.22. The van der Waals surface area contributed by atoms with Crippen molar-refractivity contribution in [3.63, 3.8) is 0 Å². The van der Waals surface area contributed by atoms with E-state index in [1.807, 2.05) is 12.1 Å². The first kappa shape index (κ1) is 19.8. The maximum atomic E-state index is 13.1. The summed E-state index contributed by atoms with van der Waals surface area (Å²) in [5, 5.41) is 0. The third-order valence-corrected chi connectivity index (χ3v) is 5.99. The number of rotatable bonds is 7. The third-order valence-electron chi connectivity index (χ3n) is 5.99. The van der Waals surface area contributed by atoms with Crippen LogP contribution in [0.25, 0.3) is 0 Å². The molecule has 0 saturated heterocycles. The molecule has 2 aliphatic rings. The lowest BCUT2D eigenvalue weighted by atomic mass is 10.0. The Kier molecular flexibility index (Phi) is 5.50. The van der Waals surface area contributed by atoms with Crippen LogP contribution in [0.2, 0.25) is 0 Å². The third kappa shape index (κ3) is 3.71. The van der Waals surface area contributed by atoms with Gasteiger partial charge in [0.05, 0.1) is 17.7 Å². The molecule has 1 aliphatic heterocycles. The molecular formula is C24H27FN2O2. The van der Waals surface area contributed by atoms with E-state index in [2.05, 4.69) is 18.7 Å². The lowest BCUT2D eigenvalue weighted by Crippen LogP contribution is -2.37. The predicted octanol–water partition coefficient (Wildman–Crippen LogP) is 4.21. The van der Waals surface area contributed by atoms with Crippen LogP contribution in [0, 0.1) is 5.82 Å². The van der Waals surface area contributed by atoms with E-state index in [0.717, 1.165) is 44.3 Å². The van der Waals surface area contributed by atoms with E-state index in [1.165, 1.54) is 28.2 Å². The Morgan fingerprint density at radius 3 is 1.93 bits per heavy atom. The lowest BCUT2D eigenvalue weighted by Gasteiger charge is -2.27. The van der Waals surface area contributed by atoms with Gasteiger partial charge in [-0.15, -0.1) is 0 Å². The molecular weight excluding hydrogens is 367 g/mol. The van der Waals surface area contributed by atoms with E-state index in [0.29, 0.717) is 17.2 Å². The number of carbonyl (C=O) groups excluding carboxylic acids is 2. The Hall–Kier alpha value is -2.53. The first-order valence-corrected chi connectivity index (χ1v) is 10.5. The molecule has 0 radical (unpaired) electrons. The van der Waals surface area contributed by atoms with Crippen LogP contribution in [0.4, 0.5) is 4.39 Å². The number of hydrogen-bond acceptors (Lipinski definition) is 3. The van der Waals surface area contributed by atoms with Gasteiger partial charge in [0.2, 0.25) is 0 Å². The van der Waals surface area contributed by atoms with Crippen molar-refractivity contribution in [2.24, 2.45) is 0 Å². The number of fused-ring (bicyclic) bond motifs is 2. The Morgan fingerprint density at radius 1 is 0.931 bits per heavy atom. The van der Waals surface area contributed by atoms with Crippen molar-refractivity contribution < 1.29 is 14.0 Å². The summed E-state index contributed by atoms with van der Waals surface area (Å²) in [6.45, 7) is 6.73. The molecule has 0 unspecified atom stereocenters. The van der Waals surface area contributed by atoms with Crippen LogP contribution in [0.5, 0.6) is 0 Å². The molecule has 1 aliphatic carbocycles. The molecule has 1 heterocycles. The average molecular weight is 394 g/mol. The van der Waals surface area contributed by atoms with Crippen LogP contribution in [0.3, 0.4) is 0 Å². The van der Waals surface area contributed by atoms with Gasteiger partial charge in [-0.3, -0.25) is 19.4 Å². The van der Waals surface area contributed by atoms with Crippen molar-refractivity contribution in [3.8, 4) is 0 Å². The second kappa shape index (κ2) is 8.07. The molecule has 0 atom stereocenters. The summed E-state index contributed by atoms with van der Waals surface area (Å²) in [6, 6.07) is 10.2. The van der Waals surface area contributed by atoms with E-state index >= 15 is 0 Å². The predicted molar refractivity (Wildman–Crippen MR) is 110 cm³/mol. The van der Waals surface area contributed by atoms with Gasteiger partial charge in [0, 0.05) is 6.04 Å². The van der Waals surface area contributed by atoms with Gasteiger partial charge in [0.25, 0.3) is 11.8 Å². The highest BCUT2D eigenvalue weighted by atomic mass is 19.1. The summed E-state index contributed by atoms with van der Waals surface area (Å²) < 4.78 is 13.1. The zero-order valence-electron chi connectivity index (χ0n) is 17.1. The van der Waals surface area contributed by atoms with Crippen LogP contribution in [0.1, 0.15) is 64.1 Å². The summed E-state index contributed by atoms with van der Waals surface area (Å²) in [7, 11) is 0. The van der Waals surface area contributed by atoms with Gasteiger partial charge in [-0.2, -0.15) is 0 Å². The fraction of sp³-hybridized carbons (Fsp3) is 0.417. The van der Waals surface area contributed by atoms with Crippen molar-refractivity contribution in [2.75, 3.05) is 13.1 Å². The Morgan fingerprint density at radius 2 is 1.45 bits per heavy atom. The highest BCUT2D eigenvalue weighted by molar-refractivity contribution is 6.21. The highest BCUT2D eigenvalue weighted by Gasteiger charge is 2.38. The number of halogens is 1. The van der Waals surface area contributed by atoms with Crippen LogP contribution in [-0.2, 0) is 19.4 Å². The fourth-order valence-electron chi connectivity index (χ4n) is 4.61. The molecule has 0 aromatic heterocycles. The lowest BCUT2D eigenvalue weighted by molar-refractivity contribution is 0.0642. The largest absolute Gasteiger partial charge is 0.300 e. The summed E-state index contributed by atoms with van der Waals surface area (Å²) in [5.41, 5.74) is 4.14. The molecule has 152 valence electrons. The zero-order chi connectivity index (χ0) is 20.5. The number of amides is 2. The molecule has 0 fully saturated rings. The second-order valence-electron chi connectivity index (χ2n) is 8.09. The van der Waals surface area contributed by atoms with E-state index in [1.54, 1.807) is 12.1 Å². The van der Waals surface area contributed by atoms with Crippen molar-refractivity contribution in [1.29, 1.82) is 0 Å². The molecule has 0 spiro atoms. The van der Waals surface area contributed by atoms with Crippen molar-refractivity contribution in [2.45, 2.75) is 52.1 Å². The summed E-state index contributed by atoms with van der Waals surface area (Å²) in [4.78, 5) is 29.6. The first-order valence-electron chi connectivity index (χ1n) is 10.5. The zero-order valence-corrected chi connectivity index (χ0v) is 17.1. The summed E-state index contributed by atoms with van der Waals surface area (Å²) in [6.07, 6.45) is 4.11. The number of carbonyl (C=O) groups is 2. The van der Waals surface area contributed by atoms with Crippen LogP contribution in [-0.4, -0.2) is 40.7 Å². The van der Waals surface area contributed by atoms with E-state index < -0.39 is 0 Å². The summed E-state index contributed by atoms with van der Waals surface area (Å²) in [5.74, 6) is -0.832. The molecule has 4 rings (SSSR count). The Bertz CT molecular complexity index is 888. The molecule has 2 aromatic carbocycles. The monoisotopic (exact) mass is 394 g/mol. The first-order chi connectivity index (χ1) is 14.0. The molecule has 5 heteroatoms. The van der Waals surface area contributed by atoms with Gasteiger partial charge >= 0.3 is 0 Å². The van der Waals surface area contributed by atoms with Gasteiger partial charge in [-0.25, -0.2) is 4.39 Å². The minimum atomic E-state index is -0.331. The SMILES string of the molecule is CCCN(CCC)C1Cc2cc3c(cc2C1)C(=O)N(Cc1ccc(F)cc1)C3=O. The molecule has 2 aromatic rings. The number of imide groups is 1. The van der Waals surface area contributed by atoms with E-state index in [4.69, 9.17) is 0 Å². The minimum absolute atomic E-state index is 0.167. The molecule has 4 nitrogen and oxygen atoms in total. The van der Waals surface area contributed by atoms with Gasteiger partial charge in [0.15, 0.2) is 0 Å². The van der Waals surface area contributed by atoms with E-state index in [-0.39, 0.29) is 24.2 Å². The molecule has 29 heavy (non-hydrogen) atoms. The second-order valence-corrected chi connectivity index (χ2v) is 8.09. The quantitative estimate of drug-likeness (QED) is 0.661. The number of benzene rings is 2. The maximum absolute atomic E-state index is 13.1. The topological polar surface area (TPSA) is 40.6 Å². The normalized spacial score (nSPS) is 16.1. The Labute approximate surface area is 171 Å². The van der Waals surface area contributed by atoms with Gasteiger partial charge in [0.1, 0.15) is 5.82 Å². The van der Waals surface area contributed by atoms with Gasteiger partial charge in [-0.1, -0.05) is 26.0 Å². The smallest absolute Gasteiger partial charge is 0.261 e. The molecule has 2 amide bonds. The standard InChI is InChI=1S/C24H27FN2O2/c1-3-9-26(10-4-2)20-11-17-13-21-22(14-18(17)12-20)24(29)27(23(21)28)15-16-5-7-19(25)8-6-16/h5-8,13-14,20H,3-4,9-12,15H2,1-2H3. The minimum Gasteiger partial charge on any atom is -0.300 e.